The molecule has 0 N–H and O–H groups in total. The quantitative estimate of drug-likeness (QED) is 0.169. The summed E-state index contributed by atoms with van der Waals surface area (Å²) in [5.74, 6) is -2.68. The van der Waals surface area contributed by atoms with Crippen molar-refractivity contribution in [3.8, 4) is 0 Å². The van der Waals surface area contributed by atoms with Gasteiger partial charge in [-0.1, -0.05) is 27.7 Å². The van der Waals surface area contributed by atoms with Crippen LogP contribution in [0.15, 0.2) is 18.3 Å². The van der Waals surface area contributed by atoms with Crippen LogP contribution in [0.5, 0.6) is 0 Å². The van der Waals surface area contributed by atoms with Crippen molar-refractivity contribution in [3.05, 3.63) is 34.0 Å². The van der Waals surface area contributed by atoms with Crippen LogP contribution < -0.4 is 4.90 Å². The molecule has 2 rings (SSSR count). The number of halogens is 2. The molecular weight excluding hydrogens is 444 g/mol. The zero-order chi connectivity index (χ0) is 25.6. The van der Waals surface area contributed by atoms with Crippen LogP contribution in [0.4, 0.5) is 20.3 Å². The number of anilines is 1. The van der Waals surface area contributed by atoms with E-state index in [4.69, 9.17) is 4.74 Å². The maximum atomic E-state index is 13.9. The number of aromatic nitrogens is 1. The molecule has 1 aromatic heterocycles. The van der Waals surface area contributed by atoms with Crippen molar-refractivity contribution in [2.75, 3.05) is 18.1 Å². The second-order valence-corrected chi connectivity index (χ2v) is 9.88. The molecule has 190 valence electrons. The Hall–Kier alpha value is -2.58. The van der Waals surface area contributed by atoms with E-state index in [0.29, 0.717) is 30.5 Å². The Balaban J connectivity index is 2.52. The third kappa shape index (κ3) is 7.21. The van der Waals surface area contributed by atoms with Crippen LogP contribution in [0.25, 0.3) is 5.57 Å². The van der Waals surface area contributed by atoms with Gasteiger partial charge in [0.2, 0.25) is 11.7 Å². The summed E-state index contributed by atoms with van der Waals surface area (Å²) in [6.45, 7) is 12.2. The van der Waals surface area contributed by atoms with Gasteiger partial charge >= 0.3 is 11.7 Å². The first-order valence-corrected chi connectivity index (χ1v) is 12.0. The minimum Gasteiger partial charge on any atom is -0.463 e. The number of pyridine rings is 1. The molecule has 1 saturated carbocycles. The lowest BCUT2D eigenvalue weighted by atomic mass is 9.77. The highest BCUT2D eigenvalue weighted by molar-refractivity contribution is 5.91. The first-order chi connectivity index (χ1) is 15.9. The number of ether oxygens (including phenoxy) is 1. The average Bonchev–Trinajstić information content (AvgIpc) is 2.73. The molecule has 1 aliphatic rings. The van der Waals surface area contributed by atoms with E-state index in [0.717, 1.165) is 0 Å². The number of alkyl halides is 2. The standard InChI is InChI=1S/C25H37F2N3O4/c1-7-34-22(31)12-18(6)20-13-21(30(32)33)24(28-14-20)29(15-16(2)3)23(17(4)5)19-8-10-25(26,27)11-9-19/h12-14,16-17,19,23H,7-11,15H2,1-6H3/b18-12+. The molecule has 9 heteroatoms. The molecule has 1 heterocycles. The second-order valence-electron chi connectivity index (χ2n) is 9.88. The van der Waals surface area contributed by atoms with Crippen LogP contribution in [0.2, 0.25) is 0 Å². The van der Waals surface area contributed by atoms with Crippen molar-refractivity contribution in [2.24, 2.45) is 17.8 Å². The summed E-state index contributed by atoms with van der Waals surface area (Å²) in [4.78, 5) is 29.9. The maximum Gasteiger partial charge on any atom is 0.331 e. The van der Waals surface area contributed by atoms with Gasteiger partial charge < -0.3 is 9.64 Å². The summed E-state index contributed by atoms with van der Waals surface area (Å²) in [5.41, 5.74) is 0.791. The number of esters is 1. The summed E-state index contributed by atoms with van der Waals surface area (Å²) in [7, 11) is 0. The topological polar surface area (TPSA) is 85.6 Å². The number of rotatable bonds is 10. The van der Waals surface area contributed by atoms with Crippen molar-refractivity contribution >= 4 is 23.0 Å². The largest absolute Gasteiger partial charge is 0.463 e. The molecule has 1 atom stereocenters. The highest BCUT2D eigenvalue weighted by Crippen LogP contribution is 2.42. The van der Waals surface area contributed by atoms with Crippen LogP contribution in [0.1, 0.15) is 72.8 Å². The van der Waals surface area contributed by atoms with Gasteiger partial charge in [0.25, 0.3) is 0 Å². The first kappa shape index (κ1) is 27.7. The van der Waals surface area contributed by atoms with Crippen LogP contribution in [0.3, 0.4) is 0 Å². The first-order valence-electron chi connectivity index (χ1n) is 12.0. The number of allylic oxidation sites excluding steroid dienone is 1. The fraction of sp³-hybridized carbons (Fsp3) is 0.680. The molecule has 0 radical (unpaired) electrons. The Kier molecular flexibility index (Phi) is 9.53. The summed E-state index contributed by atoms with van der Waals surface area (Å²) in [6.07, 6.45) is 3.23. The number of nitrogens with zero attached hydrogens (tertiary/aromatic N) is 3. The van der Waals surface area contributed by atoms with Gasteiger partial charge in [-0.3, -0.25) is 10.1 Å². The van der Waals surface area contributed by atoms with E-state index >= 15 is 0 Å². The summed E-state index contributed by atoms with van der Waals surface area (Å²) in [6, 6.07) is 1.26. The molecule has 0 bridgehead atoms. The molecule has 0 saturated heterocycles. The van der Waals surface area contributed by atoms with Gasteiger partial charge in [0.1, 0.15) is 0 Å². The minimum absolute atomic E-state index is 0.00935. The highest BCUT2D eigenvalue weighted by atomic mass is 19.3. The van der Waals surface area contributed by atoms with Crippen molar-refractivity contribution in [2.45, 2.75) is 79.2 Å². The van der Waals surface area contributed by atoms with E-state index in [-0.39, 0.29) is 54.7 Å². The average molecular weight is 482 g/mol. The van der Waals surface area contributed by atoms with Gasteiger partial charge in [-0.25, -0.2) is 18.6 Å². The molecule has 0 aromatic carbocycles. The zero-order valence-electron chi connectivity index (χ0n) is 21.0. The van der Waals surface area contributed by atoms with Crippen LogP contribution >= 0.6 is 0 Å². The SMILES string of the molecule is CCOC(=O)/C=C(\C)c1cnc(N(CC(C)C)C(C(C)C)C2CCC(F)(F)CC2)c([N+](=O)[O-])c1. The third-order valence-electron chi connectivity index (χ3n) is 6.24. The lowest BCUT2D eigenvalue weighted by Gasteiger charge is -2.43. The summed E-state index contributed by atoms with van der Waals surface area (Å²) >= 11 is 0. The van der Waals surface area contributed by atoms with Crippen molar-refractivity contribution in [3.63, 3.8) is 0 Å². The Morgan fingerprint density at radius 1 is 1.32 bits per heavy atom. The van der Waals surface area contributed by atoms with Crippen molar-refractivity contribution in [1.29, 1.82) is 0 Å². The van der Waals surface area contributed by atoms with Crippen LogP contribution in [-0.2, 0) is 9.53 Å². The van der Waals surface area contributed by atoms with E-state index in [9.17, 15) is 23.7 Å². The molecular formula is C25H37F2N3O4. The van der Waals surface area contributed by atoms with E-state index in [1.165, 1.54) is 18.3 Å². The highest BCUT2D eigenvalue weighted by Gasteiger charge is 2.41. The Bertz CT molecular complexity index is 892. The van der Waals surface area contributed by atoms with Crippen LogP contribution in [-0.4, -0.2) is 41.0 Å². The predicted octanol–water partition coefficient (Wildman–Crippen LogP) is 6.27. The van der Waals surface area contributed by atoms with Crippen LogP contribution in [0, 0.1) is 27.9 Å². The fourth-order valence-electron chi connectivity index (χ4n) is 4.77. The van der Waals surface area contributed by atoms with Gasteiger partial charge in [0.05, 0.1) is 11.5 Å². The lowest BCUT2D eigenvalue weighted by molar-refractivity contribution is -0.384. The summed E-state index contributed by atoms with van der Waals surface area (Å²) < 4.78 is 32.6. The third-order valence-corrected chi connectivity index (χ3v) is 6.24. The van der Waals surface area contributed by atoms with Crippen molar-refractivity contribution in [1.82, 2.24) is 4.98 Å². The molecule has 0 aliphatic heterocycles. The number of hydrogen-bond donors (Lipinski definition) is 0. The van der Waals surface area contributed by atoms with Gasteiger partial charge in [-0.05, 0) is 50.0 Å². The number of nitro groups is 1. The monoisotopic (exact) mass is 481 g/mol. The molecule has 1 aliphatic carbocycles. The van der Waals surface area contributed by atoms with Gasteiger partial charge in [-0.2, -0.15) is 0 Å². The van der Waals surface area contributed by atoms with E-state index in [1.807, 2.05) is 32.6 Å². The van der Waals surface area contributed by atoms with Gasteiger partial charge in [0, 0.05) is 49.3 Å². The molecule has 34 heavy (non-hydrogen) atoms. The second kappa shape index (κ2) is 11.7. The zero-order valence-corrected chi connectivity index (χ0v) is 21.0. The summed E-state index contributed by atoms with van der Waals surface area (Å²) in [5, 5.41) is 12.1. The normalized spacial score (nSPS) is 17.6. The molecule has 0 spiro atoms. The molecule has 1 fully saturated rings. The Labute approximate surface area is 200 Å². The number of hydrogen-bond acceptors (Lipinski definition) is 6. The molecule has 7 nitrogen and oxygen atoms in total. The van der Waals surface area contributed by atoms with Crippen molar-refractivity contribution < 1.29 is 23.2 Å². The Morgan fingerprint density at radius 2 is 1.94 bits per heavy atom. The number of carbonyl (C=O) groups excluding carboxylic acids is 1. The predicted molar refractivity (Wildman–Crippen MR) is 129 cm³/mol. The number of carbonyl (C=O) groups is 1. The maximum absolute atomic E-state index is 13.9. The smallest absolute Gasteiger partial charge is 0.331 e. The molecule has 0 amide bonds. The van der Waals surface area contributed by atoms with E-state index in [2.05, 4.69) is 4.98 Å². The van der Waals surface area contributed by atoms with Gasteiger partial charge in [-0.15, -0.1) is 0 Å². The lowest BCUT2D eigenvalue weighted by Crippen LogP contribution is -2.48. The Morgan fingerprint density at radius 3 is 2.44 bits per heavy atom. The van der Waals surface area contributed by atoms with E-state index < -0.39 is 16.8 Å². The fourth-order valence-corrected chi connectivity index (χ4v) is 4.77. The molecule has 1 unspecified atom stereocenters. The molecule has 1 aromatic rings. The minimum atomic E-state index is -2.64. The van der Waals surface area contributed by atoms with E-state index in [1.54, 1.807) is 13.8 Å². The van der Waals surface area contributed by atoms with Gasteiger partial charge in [0.15, 0.2) is 0 Å².